The molecule has 6 nitrogen and oxygen atoms in total. The van der Waals surface area contributed by atoms with Crippen molar-refractivity contribution in [1.29, 1.82) is 0 Å². The normalized spacial score (nSPS) is 13.9. The molecule has 11 heteroatoms. The Hall–Kier alpha value is -3.31. The number of amides is 1. The van der Waals surface area contributed by atoms with Crippen LogP contribution in [0.4, 0.5) is 17.6 Å². The van der Waals surface area contributed by atoms with E-state index in [1.165, 1.54) is 35.1 Å². The predicted molar refractivity (Wildman–Crippen MR) is 115 cm³/mol. The summed E-state index contributed by atoms with van der Waals surface area (Å²) >= 11 is 1.17. The standard InChI is InChI=1S/C22H18F4N4O2S/c1-2-21(32,22(24,25)26)17-11-30(29-28-17)10-12-3-8-15-16(9-12)33-19(20(27)31)18(15)13-4-6-14(23)7-5-13/h3-9,11,32H,2,10H2,1H3,(H2,27,31)/t21-/m0/s1. The minimum absolute atomic E-state index is 0.0935. The molecule has 3 N–H and O–H groups in total. The third kappa shape index (κ3) is 4.09. The lowest BCUT2D eigenvalue weighted by molar-refractivity contribution is -0.269. The molecule has 0 radical (unpaired) electrons. The Morgan fingerprint density at radius 2 is 1.88 bits per heavy atom. The van der Waals surface area contributed by atoms with E-state index in [1.807, 2.05) is 0 Å². The predicted octanol–water partition coefficient (Wildman–Crippen LogP) is 4.61. The second kappa shape index (κ2) is 8.23. The van der Waals surface area contributed by atoms with Crippen molar-refractivity contribution in [1.82, 2.24) is 15.0 Å². The van der Waals surface area contributed by atoms with Gasteiger partial charge < -0.3 is 10.8 Å². The van der Waals surface area contributed by atoms with Gasteiger partial charge in [0.25, 0.3) is 5.91 Å². The molecule has 0 aliphatic carbocycles. The Bertz CT molecular complexity index is 1330. The SMILES string of the molecule is CC[C@](O)(c1cn(Cc2ccc3c(-c4ccc(F)cc4)c(C(N)=O)sc3c2)nn1)C(F)(F)F. The van der Waals surface area contributed by atoms with Gasteiger partial charge in [0.2, 0.25) is 5.60 Å². The van der Waals surface area contributed by atoms with E-state index in [9.17, 15) is 27.5 Å². The number of carbonyl (C=O) groups is 1. The van der Waals surface area contributed by atoms with Crippen molar-refractivity contribution in [3.8, 4) is 11.1 Å². The second-order valence-electron chi connectivity index (χ2n) is 7.52. The summed E-state index contributed by atoms with van der Waals surface area (Å²) in [6.45, 7) is 1.31. The fraction of sp³-hybridized carbons (Fsp3) is 0.227. The number of primary amides is 1. The summed E-state index contributed by atoms with van der Waals surface area (Å²) in [4.78, 5) is 12.3. The number of nitrogens with zero attached hydrogens (tertiary/aromatic N) is 3. The maximum Gasteiger partial charge on any atom is 0.423 e. The lowest BCUT2D eigenvalue weighted by Crippen LogP contribution is -2.42. The minimum atomic E-state index is -4.89. The number of rotatable bonds is 6. The quantitative estimate of drug-likeness (QED) is 0.396. The molecular formula is C22H18F4N4O2S. The number of halogens is 4. The van der Waals surface area contributed by atoms with Crippen LogP contribution in [0.25, 0.3) is 21.2 Å². The van der Waals surface area contributed by atoms with Crippen molar-refractivity contribution in [2.24, 2.45) is 5.73 Å². The number of thiophene rings is 1. The van der Waals surface area contributed by atoms with Crippen LogP contribution in [-0.4, -0.2) is 32.2 Å². The third-order valence-electron chi connectivity index (χ3n) is 5.40. The molecular weight excluding hydrogens is 460 g/mol. The average Bonchev–Trinajstić information content (AvgIpc) is 3.38. The second-order valence-corrected chi connectivity index (χ2v) is 8.57. The summed E-state index contributed by atoms with van der Waals surface area (Å²) in [5.41, 5.74) is 3.82. The number of hydrogen-bond donors (Lipinski definition) is 2. The van der Waals surface area contributed by atoms with Crippen LogP contribution in [-0.2, 0) is 12.1 Å². The fourth-order valence-corrected chi connectivity index (χ4v) is 4.74. The van der Waals surface area contributed by atoms with Gasteiger partial charge in [-0.15, -0.1) is 16.4 Å². The Balaban J connectivity index is 1.70. The molecule has 4 rings (SSSR count). The molecule has 1 atom stereocenters. The van der Waals surface area contributed by atoms with Gasteiger partial charge in [0.05, 0.1) is 12.7 Å². The van der Waals surface area contributed by atoms with Crippen molar-refractivity contribution >= 4 is 27.3 Å². The molecule has 0 unspecified atom stereocenters. The monoisotopic (exact) mass is 478 g/mol. The number of benzene rings is 2. The highest BCUT2D eigenvalue weighted by molar-refractivity contribution is 7.21. The van der Waals surface area contributed by atoms with E-state index in [4.69, 9.17) is 5.73 Å². The number of nitrogens with two attached hydrogens (primary N) is 1. The number of hydrogen-bond acceptors (Lipinski definition) is 5. The summed E-state index contributed by atoms with van der Waals surface area (Å²) in [6.07, 6.45) is -4.42. The molecule has 2 aromatic carbocycles. The molecule has 0 saturated carbocycles. The smallest absolute Gasteiger partial charge is 0.375 e. The van der Waals surface area contributed by atoms with Crippen LogP contribution < -0.4 is 5.73 Å². The van der Waals surface area contributed by atoms with Gasteiger partial charge in [0, 0.05) is 15.6 Å². The molecule has 172 valence electrons. The maximum absolute atomic E-state index is 13.3. The van der Waals surface area contributed by atoms with Gasteiger partial charge in [-0.25, -0.2) is 9.07 Å². The van der Waals surface area contributed by atoms with Crippen molar-refractivity contribution < 1.29 is 27.5 Å². The Morgan fingerprint density at radius 1 is 1.18 bits per heavy atom. The number of alkyl halides is 3. The molecule has 0 bridgehead atoms. The van der Waals surface area contributed by atoms with Gasteiger partial charge in [-0.1, -0.05) is 36.4 Å². The molecule has 1 amide bonds. The van der Waals surface area contributed by atoms with E-state index >= 15 is 0 Å². The molecule has 33 heavy (non-hydrogen) atoms. The topological polar surface area (TPSA) is 94.0 Å². The third-order valence-corrected chi connectivity index (χ3v) is 6.57. The van der Waals surface area contributed by atoms with Gasteiger partial charge in [-0.05, 0) is 35.7 Å². The van der Waals surface area contributed by atoms with E-state index < -0.39 is 35.6 Å². The summed E-state index contributed by atoms with van der Waals surface area (Å²) in [5, 5.41) is 18.0. The van der Waals surface area contributed by atoms with Crippen LogP contribution in [0.15, 0.2) is 48.7 Å². The lowest BCUT2D eigenvalue weighted by atomic mass is 9.96. The Labute approximate surface area is 189 Å². The van der Waals surface area contributed by atoms with E-state index in [0.29, 0.717) is 21.6 Å². The molecule has 0 aliphatic heterocycles. The summed E-state index contributed by atoms with van der Waals surface area (Å²) in [7, 11) is 0. The van der Waals surface area contributed by atoms with Gasteiger partial charge in [0.15, 0.2) is 0 Å². The average molecular weight is 478 g/mol. The van der Waals surface area contributed by atoms with E-state index in [2.05, 4.69) is 10.3 Å². The maximum atomic E-state index is 13.3. The molecule has 0 spiro atoms. The molecule has 4 aromatic rings. The first-order valence-corrected chi connectivity index (χ1v) is 10.7. The number of fused-ring (bicyclic) bond motifs is 1. The van der Waals surface area contributed by atoms with Crippen LogP contribution in [0.2, 0.25) is 0 Å². The first-order chi connectivity index (χ1) is 15.5. The highest BCUT2D eigenvalue weighted by Crippen LogP contribution is 2.41. The first-order valence-electron chi connectivity index (χ1n) is 9.84. The van der Waals surface area contributed by atoms with E-state index in [1.54, 1.807) is 30.3 Å². The number of carbonyl (C=O) groups excluding carboxylic acids is 1. The number of aromatic nitrogens is 3. The van der Waals surface area contributed by atoms with Crippen LogP contribution >= 0.6 is 11.3 Å². The highest BCUT2D eigenvalue weighted by Gasteiger charge is 2.55. The van der Waals surface area contributed by atoms with Crippen LogP contribution in [0.5, 0.6) is 0 Å². The van der Waals surface area contributed by atoms with Gasteiger partial charge in [-0.2, -0.15) is 13.2 Å². The minimum Gasteiger partial charge on any atom is -0.375 e. The highest BCUT2D eigenvalue weighted by atomic mass is 32.1. The van der Waals surface area contributed by atoms with Gasteiger partial charge in [0.1, 0.15) is 16.4 Å². The van der Waals surface area contributed by atoms with Crippen LogP contribution in [0.1, 0.15) is 34.3 Å². The zero-order valence-electron chi connectivity index (χ0n) is 17.2. The zero-order valence-corrected chi connectivity index (χ0v) is 18.0. The summed E-state index contributed by atoms with van der Waals surface area (Å²) < 4.78 is 55.1. The van der Waals surface area contributed by atoms with E-state index in [0.717, 1.165) is 16.3 Å². The van der Waals surface area contributed by atoms with Crippen molar-refractivity contribution in [2.45, 2.75) is 31.7 Å². The van der Waals surface area contributed by atoms with Crippen LogP contribution in [0.3, 0.4) is 0 Å². The van der Waals surface area contributed by atoms with Crippen molar-refractivity contribution in [3.63, 3.8) is 0 Å². The molecule has 2 aromatic heterocycles. The summed E-state index contributed by atoms with van der Waals surface area (Å²) in [5.74, 6) is -1.03. The number of aliphatic hydroxyl groups is 1. The molecule has 2 heterocycles. The Morgan fingerprint density at radius 3 is 2.48 bits per heavy atom. The van der Waals surface area contributed by atoms with E-state index in [-0.39, 0.29) is 6.54 Å². The lowest BCUT2D eigenvalue weighted by Gasteiger charge is -2.26. The van der Waals surface area contributed by atoms with Crippen molar-refractivity contribution in [3.05, 3.63) is 70.6 Å². The largest absolute Gasteiger partial charge is 0.423 e. The Kier molecular flexibility index (Phi) is 5.71. The zero-order chi connectivity index (χ0) is 24.0. The summed E-state index contributed by atoms with van der Waals surface area (Å²) in [6, 6.07) is 11.0. The molecule has 0 saturated heterocycles. The van der Waals surface area contributed by atoms with Crippen LogP contribution in [0, 0.1) is 5.82 Å². The van der Waals surface area contributed by atoms with Gasteiger partial charge in [-0.3, -0.25) is 4.79 Å². The molecule has 0 aliphatic rings. The van der Waals surface area contributed by atoms with Crippen molar-refractivity contribution in [2.75, 3.05) is 0 Å². The first kappa shape index (κ1) is 22.9. The fourth-order valence-electron chi connectivity index (χ4n) is 3.60. The molecule has 0 fully saturated rings. The van der Waals surface area contributed by atoms with Gasteiger partial charge >= 0.3 is 6.18 Å².